The SMILES string of the molecule is COc1ccccc1NC(=O)c1ccc(NC(=O)COC(=O)CCNC(=O)c2ccccc2C)cc1. The van der Waals surface area contributed by atoms with Crippen molar-refractivity contribution in [2.75, 3.05) is 30.9 Å². The summed E-state index contributed by atoms with van der Waals surface area (Å²) in [7, 11) is 1.52. The van der Waals surface area contributed by atoms with Gasteiger partial charge in [0.05, 0.1) is 19.2 Å². The largest absolute Gasteiger partial charge is 0.495 e. The third kappa shape index (κ3) is 7.42. The van der Waals surface area contributed by atoms with E-state index < -0.39 is 18.5 Å². The van der Waals surface area contributed by atoms with Crippen molar-refractivity contribution in [2.24, 2.45) is 0 Å². The van der Waals surface area contributed by atoms with Crippen molar-refractivity contribution in [1.29, 1.82) is 0 Å². The van der Waals surface area contributed by atoms with E-state index in [1.807, 2.05) is 19.1 Å². The Labute approximate surface area is 208 Å². The molecule has 0 fully saturated rings. The number of methoxy groups -OCH3 is 1. The van der Waals surface area contributed by atoms with Gasteiger partial charge >= 0.3 is 5.97 Å². The number of rotatable bonds is 10. The van der Waals surface area contributed by atoms with E-state index in [1.54, 1.807) is 60.7 Å². The van der Waals surface area contributed by atoms with Gasteiger partial charge in [-0.2, -0.15) is 0 Å². The van der Waals surface area contributed by atoms with E-state index in [2.05, 4.69) is 16.0 Å². The molecular weight excluding hydrogens is 462 g/mol. The smallest absolute Gasteiger partial charge is 0.308 e. The standard InChI is InChI=1S/C27H27N3O6/c1-18-7-3-4-8-21(18)27(34)28-16-15-25(32)36-17-24(31)29-20-13-11-19(12-14-20)26(33)30-22-9-5-6-10-23(22)35-2/h3-14H,15-17H2,1-2H3,(H,28,34)(H,29,31)(H,30,33). The van der Waals surface area contributed by atoms with Crippen LogP contribution in [0.15, 0.2) is 72.8 Å². The molecule has 9 nitrogen and oxygen atoms in total. The Kier molecular flexibility index (Phi) is 9.16. The molecule has 0 aromatic heterocycles. The molecule has 3 aromatic carbocycles. The van der Waals surface area contributed by atoms with Crippen LogP contribution < -0.4 is 20.7 Å². The van der Waals surface area contributed by atoms with E-state index in [1.165, 1.54) is 7.11 Å². The number of amides is 3. The van der Waals surface area contributed by atoms with Crippen LogP contribution in [0.2, 0.25) is 0 Å². The van der Waals surface area contributed by atoms with Gasteiger partial charge in [-0.1, -0.05) is 30.3 Å². The number of carbonyl (C=O) groups is 4. The monoisotopic (exact) mass is 489 g/mol. The minimum atomic E-state index is -0.612. The zero-order valence-electron chi connectivity index (χ0n) is 20.0. The molecule has 0 saturated heterocycles. The van der Waals surface area contributed by atoms with Crippen molar-refractivity contribution >= 4 is 35.1 Å². The summed E-state index contributed by atoms with van der Waals surface area (Å²) in [5.74, 6) is -1.21. The van der Waals surface area contributed by atoms with Crippen LogP contribution in [0, 0.1) is 6.92 Å². The topological polar surface area (TPSA) is 123 Å². The third-order valence-corrected chi connectivity index (χ3v) is 5.15. The predicted octanol–water partition coefficient (Wildman–Crippen LogP) is 3.56. The second kappa shape index (κ2) is 12.7. The van der Waals surface area contributed by atoms with Crippen LogP contribution in [0.25, 0.3) is 0 Å². The number of esters is 1. The minimum Gasteiger partial charge on any atom is -0.495 e. The van der Waals surface area contributed by atoms with E-state index in [9.17, 15) is 19.2 Å². The molecule has 0 bridgehead atoms. The van der Waals surface area contributed by atoms with Gasteiger partial charge in [-0.3, -0.25) is 19.2 Å². The molecule has 0 saturated carbocycles. The molecule has 0 radical (unpaired) electrons. The normalized spacial score (nSPS) is 10.2. The van der Waals surface area contributed by atoms with E-state index in [4.69, 9.17) is 9.47 Å². The molecule has 0 heterocycles. The van der Waals surface area contributed by atoms with Crippen molar-refractivity contribution in [2.45, 2.75) is 13.3 Å². The number of para-hydroxylation sites is 2. The Morgan fingerprint density at radius 3 is 2.22 bits per heavy atom. The highest BCUT2D eigenvalue weighted by Gasteiger charge is 2.12. The lowest BCUT2D eigenvalue weighted by Crippen LogP contribution is -2.28. The lowest BCUT2D eigenvalue weighted by atomic mass is 10.1. The van der Waals surface area contributed by atoms with Gasteiger partial charge in [0.1, 0.15) is 5.75 Å². The number of hydrogen-bond acceptors (Lipinski definition) is 6. The molecular formula is C27H27N3O6. The van der Waals surface area contributed by atoms with E-state index in [0.717, 1.165) is 5.56 Å². The summed E-state index contributed by atoms with van der Waals surface area (Å²) < 4.78 is 10.2. The number of ether oxygens (including phenoxy) is 2. The lowest BCUT2D eigenvalue weighted by molar-refractivity contribution is -0.147. The maximum atomic E-state index is 12.5. The molecule has 3 rings (SSSR count). The van der Waals surface area contributed by atoms with Gasteiger partial charge < -0.3 is 25.4 Å². The van der Waals surface area contributed by atoms with Gasteiger partial charge in [0.25, 0.3) is 17.7 Å². The summed E-state index contributed by atoms with van der Waals surface area (Å²) in [6.07, 6.45) is -0.0685. The molecule has 3 N–H and O–H groups in total. The first-order valence-electron chi connectivity index (χ1n) is 11.2. The Morgan fingerprint density at radius 1 is 0.806 bits per heavy atom. The fraction of sp³-hybridized carbons (Fsp3) is 0.185. The van der Waals surface area contributed by atoms with Gasteiger partial charge in [0.2, 0.25) is 0 Å². The fourth-order valence-corrected chi connectivity index (χ4v) is 3.26. The highest BCUT2D eigenvalue weighted by atomic mass is 16.5. The van der Waals surface area contributed by atoms with E-state index in [0.29, 0.717) is 28.3 Å². The number of hydrogen-bond donors (Lipinski definition) is 3. The number of nitrogens with one attached hydrogen (secondary N) is 3. The summed E-state index contributed by atoms with van der Waals surface area (Å²) in [5.41, 5.74) is 2.74. The number of aryl methyl sites for hydroxylation is 1. The Morgan fingerprint density at radius 2 is 1.50 bits per heavy atom. The average molecular weight is 490 g/mol. The molecule has 9 heteroatoms. The molecule has 3 aromatic rings. The molecule has 0 spiro atoms. The van der Waals surface area contributed by atoms with Gasteiger partial charge in [0, 0.05) is 23.4 Å². The summed E-state index contributed by atoms with van der Waals surface area (Å²) in [4.78, 5) is 48.6. The van der Waals surface area contributed by atoms with Gasteiger partial charge in [-0.15, -0.1) is 0 Å². The average Bonchev–Trinajstić information content (AvgIpc) is 2.88. The second-order valence-corrected chi connectivity index (χ2v) is 7.76. The van der Waals surface area contributed by atoms with Crippen LogP contribution in [0.4, 0.5) is 11.4 Å². The summed E-state index contributed by atoms with van der Waals surface area (Å²) >= 11 is 0. The van der Waals surface area contributed by atoms with Crippen LogP contribution >= 0.6 is 0 Å². The van der Waals surface area contributed by atoms with Crippen molar-refractivity contribution in [3.8, 4) is 5.75 Å². The van der Waals surface area contributed by atoms with E-state index in [-0.39, 0.29) is 24.8 Å². The number of carbonyl (C=O) groups excluding carboxylic acids is 4. The first kappa shape index (κ1) is 26.0. The predicted molar refractivity (Wildman–Crippen MR) is 135 cm³/mol. The highest BCUT2D eigenvalue weighted by molar-refractivity contribution is 6.05. The molecule has 0 aliphatic carbocycles. The van der Waals surface area contributed by atoms with Crippen molar-refractivity contribution in [3.05, 3.63) is 89.5 Å². The molecule has 3 amide bonds. The molecule has 0 unspecified atom stereocenters. The van der Waals surface area contributed by atoms with Crippen LogP contribution in [-0.4, -0.2) is 44.0 Å². The van der Waals surface area contributed by atoms with Crippen LogP contribution in [0.3, 0.4) is 0 Å². The zero-order chi connectivity index (χ0) is 25.9. The molecule has 0 aliphatic rings. The summed E-state index contributed by atoms with van der Waals surface area (Å²) in [6, 6.07) is 20.4. The fourth-order valence-electron chi connectivity index (χ4n) is 3.26. The van der Waals surface area contributed by atoms with Crippen molar-refractivity contribution in [3.63, 3.8) is 0 Å². The van der Waals surface area contributed by atoms with Crippen LogP contribution in [-0.2, 0) is 14.3 Å². The Bertz CT molecular complexity index is 1240. The quantitative estimate of drug-likeness (QED) is 0.374. The van der Waals surface area contributed by atoms with Gasteiger partial charge in [-0.25, -0.2) is 0 Å². The first-order chi connectivity index (χ1) is 17.4. The molecule has 36 heavy (non-hydrogen) atoms. The summed E-state index contributed by atoms with van der Waals surface area (Å²) in [6.45, 7) is 1.44. The third-order valence-electron chi connectivity index (χ3n) is 5.15. The van der Waals surface area contributed by atoms with Crippen molar-refractivity contribution in [1.82, 2.24) is 5.32 Å². The van der Waals surface area contributed by atoms with Gasteiger partial charge in [-0.05, 0) is 55.0 Å². The maximum absolute atomic E-state index is 12.5. The highest BCUT2D eigenvalue weighted by Crippen LogP contribution is 2.23. The first-order valence-corrected chi connectivity index (χ1v) is 11.2. The number of anilines is 2. The molecule has 186 valence electrons. The Balaban J connectivity index is 1.40. The second-order valence-electron chi connectivity index (χ2n) is 7.76. The van der Waals surface area contributed by atoms with Crippen LogP contribution in [0.1, 0.15) is 32.7 Å². The maximum Gasteiger partial charge on any atom is 0.308 e. The molecule has 0 atom stereocenters. The molecule has 0 aliphatic heterocycles. The van der Waals surface area contributed by atoms with Crippen LogP contribution in [0.5, 0.6) is 5.75 Å². The zero-order valence-corrected chi connectivity index (χ0v) is 20.0. The van der Waals surface area contributed by atoms with E-state index >= 15 is 0 Å². The lowest BCUT2D eigenvalue weighted by Gasteiger charge is -2.10. The Hall–Kier alpha value is -4.66. The minimum absolute atomic E-state index is 0.0685. The van der Waals surface area contributed by atoms with Crippen molar-refractivity contribution < 1.29 is 28.7 Å². The van der Waals surface area contributed by atoms with Gasteiger partial charge in [0.15, 0.2) is 6.61 Å². The summed E-state index contributed by atoms with van der Waals surface area (Å²) in [5, 5.41) is 8.02. The number of benzene rings is 3.